The molecule has 0 aliphatic heterocycles. The van der Waals surface area contributed by atoms with E-state index >= 15 is 0 Å². The van der Waals surface area contributed by atoms with E-state index in [1.54, 1.807) is 28.8 Å². The van der Waals surface area contributed by atoms with Crippen LogP contribution in [-0.2, 0) is 20.0 Å². The molecule has 0 amide bonds. The average Bonchev–Trinajstić information content (AvgIpc) is 4.16. The maximum atomic E-state index is 14.0. The highest BCUT2D eigenvalue weighted by molar-refractivity contribution is 7.92. The molecule has 0 bridgehead atoms. The summed E-state index contributed by atoms with van der Waals surface area (Å²) < 4.78 is 109. The second kappa shape index (κ2) is 22.4. The monoisotopic (exact) mass is 1020 g/mol. The van der Waals surface area contributed by atoms with Crippen LogP contribution in [0.1, 0.15) is 51.4 Å². The van der Waals surface area contributed by atoms with Crippen molar-refractivity contribution in [2.24, 2.45) is 0 Å². The maximum Gasteiger partial charge on any atom is 0.573 e. The molecule has 0 saturated carbocycles. The number of sulfonamides is 2. The van der Waals surface area contributed by atoms with Gasteiger partial charge in [0.2, 0.25) is 31.8 Å². The van der Waals surface area contributed by atoms with Crippen LogP contribution >= 0.6 is 23.1 Å². The number of nitrogens with one attached hydrogen (secondary N) is 3. The van der Waals surface area contributed by atoms with Crippen molar-refractivity contribution in [3.05, 3.63) is 134 Å². The largest absolute Gasteiger partial charge is 0.573 e. The van der Waals surface area contributed by atoms with Crippen molar-refractivity contribution < 1.29 is 34.7 Å². The van der Waals surface area contributed by atoms with Gasteiger partial charge in [-0.2, -0.15) is 8.75 Å². The lowest BCUT2D eigenvalue weighted by molar-refractivity contribution is -0.274. The molecule has 9 rings (SSSR count). The molecule has 0 spiro atoms. The first-order valence-electron chi connectivity index (χ1n) is 22.3. The van der Waals surface area contributed by atoms with E-state index in [9.17, 15) is 30.0 Å². The fourth-order valence-electron chi connectivity index (χ4n) is 7.55. The Kier molecular flexibility index (Phi) is 15.9. The number of nitrogens with zero attached hydrogens (tertiary/aromatic N) is 7. The van der Waals surface area contributed by atoms with Crippen LogP contribution in [0.4, 0.5) is 30.8 Å². The fourth-order valence-corrected chi connectivity index (χ4v) is 11.5. The van der Waals surface area contributed by atoms with E-state index in [1.807, 2.05) is 94.0 Å². The molecule has 0 aliphatic carbocycles. The lowest BCUT2D eigenvalue weighted by Gasteiger charge is -2.25. The van der Waals surface area contributed by atoms with E-state index in [1.165, 1.54) is 23.1 Å². The summed E-state index contributed by atoms with van der Waals surface area (Å²) in [5, 5.41) is 10.7. The van der Waals surface area contributed by atoms with Gasteiger partial charge in [0.15, 0.2) is 0 Å². The summed E-state index contributed by atoms with van der Waals surface area (Å²) in [6.07, 6.45) is 9.36. The molecule has 5 aromatic carbocycles. The molecular formula is C47H49F3N10O5S4. The van der Waals surface area contributed by atoms with Crippen LogP contribution in [0, 0.1) is 0 Å². The molecule has 362 valence electrons. The lowest BCUT2D eigenvalue weighted by Crippen LogP contribution is -2.32. The Hall–Kier alpha value is -6.33. The Morgan fingerprint density at radius 2 is 1.09 bits per heavy atom. The van der Waals surface area contributed by atoms with E-state index in [2.05, 4.69) is 38.8 Å². The van der Waals surface area contributed by atoms with Crippen LogP contribution < -0.4 is 24.4 Å². The van der Waals surface area contributed by atoms with Crippen molar-refractivity contribution in [2.75, 3.05) is 41.1 Å². The van der Waals surface area contributed by atoms with Crippen molar-refractivity contribution >= 4 is 92.2 Å². The van der Waals surface area contributed by atoms with Gasteiger partial charge in [0.25, 0.3) is 10.0 Å². The first kappa shape index (κ1) is 49.1. The average molecular weight is 1020 g/mol. The van der Waals surface area contributed by atoms with Crippen molar-refractivity contribution in [1.82, 2.24) is 32.2 Å². The van der Waals surface area contributed by atoms with Gasteiger partial charge in [-0.1, -0.05) is 86.3 Å². The van der Waals surface area contributed by atoms with Crippen LogP contribution in [0.5, 0.6) is 5.75 Å². The lowest BCUT2D eigenvalue weighted by atomic mass is 10.1. The topological polar surface area (TPSA) is 177 Å². The summed E-state index contributed by atoms with van der Waals surface area (Å²) in [5.74, 6) is 1.10. The number of aromatic nitrogens is 6. The molecule has 0 unspecified atom stereocenters. The predicted octanol–water partition coefficient (Wildman–Crippen LogP) is 10.6. The highest BCUT2D eigenvalue weighted by Crippen LogP contribution is 2.30. The van der Waals surface area contributed by atoms with E-state index in [-0.39, 0.29) is 11.4 Å². The van der Waals surface area contributed by atoms with Crippen LogP contribution in [0.2, 0.25) is 0 Å². The standard InChI is InChI=1S/C30H29N5O2S2.C17H20F3N5O3S2/c36-39(37,28-16-14-24-10-4-6-12-26(24)22-28)35(27-15-13-23-9-3-5-11-25(23)21-27)19-8-2-1-7-17-31-29-33-38-30-32-18-20-34(29)30;18-17(19,20)28-13-5-7-14(8-6-13)30(26,27)23-10-4-2-1-3-9-21-15-24-29-16-22-11-12-25(15)16/h3-6,9-16,18,20-22H,1-2,7-8,17,19H2,(H,31,33);5-8,11-12,23H,1-4,9-10H2,(H,21,24). The number of ether oxygens (including phenoxy) is 1. The quantitative estimate of drug-likeness (QED) is 0.0551. The molecule has 4 aromatic heterocycles. The van der Waals surface area contributed by atoms with E-state index in [0.29, 0.717) is 23.5 Å². The third-order valence-corrected chi connectivity index (χ3v) is 15.8. The number of halogens is 3. The number of fused-ring (bicyclic) bond motifs is 4. The summed E-state index contributed by atoms with van der Waals surface area (Å²) in [6, 6.07) is 31.2. The number of anilines is 3. The minimum atomic E-state index is -4.82. The minimum Gasteiger partial charge on any atom is -0.406 e. The van der Waals surface area contributed by atoms with Gasteiger partial charge in [0.05, 0.1) is 15.5 Å². The first-order valence-corrected chi connectivity index (χ1v) is 26.7. The number of hydrogen-bond donors (Lipinski definition) is 3. The molecule has 0 atom stereocenters. The zero-order chi connectivity index (χ0) is 48.3. The zero-order valence-corrected chi connectivity index (χ0v) is 40.4. The number of benzene rings is 5. The van der Waals surface area contributed by atoms with Gasteiger partial charge in [-0.25, -0.2) is 31.5 Å². The van der Waals surface area contributed by atoms with Crippen LogP contribution in [0.15, 0.2) is 144 Å². The smallest absolute Gasteiger partial charge is 0.406 e. The molecule has 15 nitrogen and oxygen atoms in total. The van der Waals surface area contributed by atoms with E-state index in [0.717, 1.165) is 126 Å². The molecule has 0 saturated heterocycles. The van der Waals surface area contributed by atoms with Gasteiger partial charge < -0.3 is 15.4 Å². The number of hydrogen-bond acceptors (Lipinski definition) is 13. The molecule has 22 heteroatoms. The number of unbranched alkanes of at least 4 members (excludes halogenated alkanes) is 6. The van der Waals surface area contributed by atoms with Crippen molar-refractivity contribution in [3.63, 3.8) is 0 Å². The Balaban J connectivity index is 0.000000193. The summed E-state index contributed by atoms with van der Waals surface area (Å²) in [7, 11) is -7.53. The van der Waals surface area contributed by atoms with Crippen molar-refractivity contribution in [3.8, 4) is 5.75 Å². The molecule has 0 radical (unpaired) electrons. The Labute approximate surface area is 405 Å². The van der Waals surface area contributed by atoms with Crippen molar-refractivity contribution in [2.45, 2.75) is 67.5 Å². The van der Waals surface area contributed by atoms with E-state index in [4.69, 9.17) is 0 Å². The third kappa shape index (κ3) is 12.9. The molecule has 9 aromatic rings. The van der Waals surface area contributed by atoms with Gasteiger partial charge in [-0.15, -0.1) is 13.2 Å². The van der Waals surface area contributed by atoms with Crippen LogP contribution in [-0.4, -0.2) is 76.9 Å². The van der Waals surface area contributed by atoms with Gasteiger partial charge in [-0.3, -0.25) is 13.1 Å². The summed E-state index contributed by atoms with van der Waals surface area (Å²) >= 11 is 2.69. The second-order valence-corrected chi connectivity index (χ2v) is 21.0. The van der Waals surface area contributed by atoms with Gasteiger partial charge in [0.1, 0.15) is 5.75 Å². The highest BCUT2D eigenvalue weighted by Gasteiger charge is 2.31. The summed E-state index contributed by atoms with van der Waals surface area (Å²) in [5.41, 5.74) is 0.691. The number of rotatable bonds is 22. The molecule has 0 fully saturated rings. The van der Waals surface area contributed by atoms with Crippen molar-refractivity contribution in [1.29, 1.82) is 0 Å². The first-order chi connectivity index (χ1) is 33.3. The van der Waals surface area contributed by atoms with Gasteiger partial charge in [0, 0.05) is 74.0 Å². The Morgan fingerprint density at radius 1 is 0.580 bits per heavy atom. The normalized spacial score (nSPS) is 12.1. The molecule has 4 heterocycles. The minimum absolute atomic E-state index is 0.115. The SMILES string of the molecule is O=S(=O)(NCCCCCCNc1nsc2nccn12)c1ccc(OC(F)(F)F)cc1.O=S(=O)(c1ccc2ccccc2c1)N(CCCCCCNc1nsc2nccn12)c1ccc2ccccc2c1. The highest BCUT2D eigenvalue weighted by atomic mass is 32.2. The fraction of sp³-hybridized carbons (Fsp3) is 0.277. The molecule has 3 N–H and O–H groups in total. The van der Waals surface area contributed by atoms with E-state index < -0.39 is 32.2 Å². The summed E-state index contributed by atoms with van der Waals surface area (Å²) in [4.78, 5) is 10.3. The summed E-state index contributed by atoms with van der Waals surface area (Å²) in [6.45, 7) is 2.22. The maximum absolute atomic E-state index is 14.0. The van der Waals surface area contributed by atoms with Gasteiger partial charge in [-0.05, 0) is 95.8 Å². The second-order valence-electron chi connectivity index (χ2n) is 15.9. The zero-order valence-electron chi connectivity index (χ0n) is 37.1. The number of alkyl halides is 3. The Bertz CT molecular complexity index is 3320. The third-order valence-electron chi connectivity index (χ3n) is 11.0. The predicted molar refractivity (Wildman–Crippen MR) is 266 cm³/mol. The van der Waals surface area contributed by atoms with Crippen LogP contribution in [0.3, 0.4) is 0 Å². The van der Waals surface area contributed by atoms with Gasteiger partial charge >= 0.3 is 6.36 Å². The molecule has 69 heavy (non-hydrogen) atoms. The molecular weight excluding hydrogens is 970 g/mol. The molecule has 0 aliphatic rings. The Morgan fingerprint density at radius 3 is 1.67 bits per heavy atom. The van der Waals surface area contributed by atoms with Crippen LogP contribution in [0.25, 0.3) is 31.5 Å². The number of imidazole rings is 2.